The van der Waals surface area contributed by atoms with Crippen LogP contribution in [0, 0.1) is 0 Å². The van der Waals surface area contributed by atoms with Crippen LogP contribution in [0.2, 0.25) is 0 Å². The summed E-state index contributed by atoms with van der Waals surface area (Å²) >= 11 is 0. The zero-order valence-corrected chi connectivity index (χ0v) is 15.0. The van der Waals surface area contributed by atoms with E-state index in [4.69, 9.17) is 24.1 Å². The SMILES string of the molecule is CC(C)=CC(=O)O[C@@H]1O[C@H](CO[C@@H]2OC[C@](O)(CO)[C@H]2O)[C@@H](O)[C@H](O)[C@H]1O. The van der Waals surface area contributed by atoms with Gasteiger partial charge in [0, 0.05) is 6.08 Å². The van der Waals surface area contributed by atoms with Crippen LogP contribution in [0.25, 0.3) is 0 Å². The van der Waals surface area contributed by atoms with Crippen molar-refractivity contribution in [2.24, 2.45) is 0 Å². The third-order valence-corrected chi connectivity index (χ3v) is 4.31. The average molecular weight is 394 g/mol. The van der Waals surface area contributed by atoms with E-state index in [1.807, 2.05) is 0 Å². The normalized spacial score (nSPS) is 42.0. The number of esters is 1. The Hall–Kier alpha value is -1.15. The molecule has 2 saturated heterocycles. The van der Waals surface area contributed by atoms with Gasteiger partial charge in [0.1, 0.15) is 36.1 Å². The molecule has 2 aliphatic rings. The van der Waals surface area contributed by atoms with Crippen molar-refractivity contribution < 1.29 is 54.4 Å². The van der Waals surface area contributed by atoms with E-state index in [0.717, 1.165) is 6.08 Å². The van der Waals surface area contributed by atoms with Crippen LogP contribution in [0.5, 0.6) is 0 Å². The second-order valence-corrected chi connectivity index (χ2v) is 6.89. The molecule has 0 radical (unpaired) electrons. The summed E-state index contributed by atoms with van der Waals surface area (Å²) in [4.78, 5) is 11.7. The van der Waals surface area contributed by atoms with Crippen LogP contribution in [0.1, 0.15) is 13.8 Å². The highest BCUT2D eigenvalue weighted by Gasteiger charge is 2.50. The minimum atomic E-state index is -1.88. The van der Waals surface area contributed by atoms with E-state index in [-0.39, 0.29) is 6.61 Å². The lowest BCUT2D eigenvalue weighted by Gasteiger charge is -2.39. The Morgan fingerprint density at radius 3 is 2.37 bits per heavy atom. The molecule has 0 amide bonds. The number of aliphatic hydroxyl groups excluding tert-OH is 5. The Bertz CT molecular complexity index is 548. The molecule has 0 aromatic rings. The lowest BCUT2D eigenvalue weighted by atomic mass is 9.99. The van der Waals surface area contributed by atoms with Crippen LogP contribution in [0.4, 0.5) is 0 Å². The van der Waals surface area contributed by atoms with Crippen LogP contribution >= 0.6 is 0 Å². The molecular weight excluding hydrogens is 368 g/mol. The van der Waals surface area contributed by atoms with Gasteiger partial charge in [-0.05, 0) is 13.8 Å². The van der Waals surface area contributed by atoms with Crippen molar-refractivity contribution in [3.8, 4) is 0 Å². The number of hydrogen-bond donors (Lipinski definition) is 6. The first-order chi connectivity index (χ1) is 12.6. The Kier molecular flexibility index (Phi) is 7.30. The first-order valence-corrected chi connectivity index (χ1v) is 8.38. The predicted octanol–water partition coefficient (Wildman–Crippen LogP) is -3.24. The summed E-state index contributed by atoms with van der Waals surface area (Å²) in [6.45, 7) is 1.78. The number of hydrogen-bond acceptors (Lipinski definition) is 11. The minimum absolute atomic E-state index is 0.367. The van der Waals surface area contributed by atoms with Gasteiger partial charge in [0.15, 0.2) is 6.29 Å². The molecule has 6 N–H and O–H groups in total. The van der Waals surface area contributed by atoms with Gasteiger partial charge in [-0.1, -0.05) is 5.57 Å². The molecule has 0 spiro atoms. The maximum absolute atomic E-state index is 11.7. The number of allylic oxidation sites excluding steroid dienone is 1. The molecule has 8 atom stereocenters. The fourth-order valence-corrected chi connectivity index (χ4v) is 2.66. The van der Waals surface area contributed by atoms with Crippen molar-refractivity contribution in [1.29, 1.82) is 0 Å². The summed E-state index contributed by atoms with van der Waals surface area (Å²) in [5.74, 6) is -0.801. The molecule has 0 unspecified atom stereocenters. The molecule has 27 heavy (non-hydrogen) atoms. The van der Waals surface area contributed by atoms with E-state index in [2.05, 4.69) is 0 Å². The van der Waals surface area contributed by atoms with Gasteiger partial charge in [0.05, 0.1) is 19.8 Å². The monoisotopic (exact) mass is 394 g/mol. The maximum atomic E-state index is 11.7. The topological polar surface area (TPSA) is 175 Å². The van der Waals surface area contributed by atoms with Crippen molar-refractivity contribution in [1.82, 2.24) is 0 Å². The van der Waals surface area contributed by atoms with Crippen LogP contribution in [0.3, 0.4) is 0 Å². The molecule has 156 valence electrons. The van der Waals surface area contributed by atoms with Crippen molar-refractivity contribution in [2.75, 3.05) is 19.8 Å². The van der Waals surface area contributed by atoms with E-state index in [1.54, 1.807) is 13.8 Å². The fourth-order valence-electron chi connectivity index (χ4n) is 2.66. The fraction of sp³-hybridized carbons (Fsp3) is 0.812. The molecule has 0 bridgehead atoms. The van der Waals surface area contributed by atoms with E-state index >= 15 is 0 Å². The highest BCUT2D eigenvalue weighted by molar-refractivity contribution is 5.82. The molecule has 2 rings (SSSR count). The van der Waals surface area contributed by atoms with Crippen molar-refractivity contribution in [2.45, 2.75) is 62.5 Å². The Morgan fingerprint density at radius 1 is 1.15 bits per heavy atom. The van der Waals surface area contributed by atoms with Crippen LogP contribution in [-0.2, 0) is 23.7 Å². The van der Waals surface area contributed by atoms with Gasteiger partial charge >= 0.3 is 5.97 Å². The minimum Gasteiger partial charge on any atom is -0.430 e. The van der Waals surface area contributed by atoms with Gasteiger partial charge < -0.3 is 49.6 Å². The molecular formula is C16H26O11. The average Bonchev–Trinajstić information content (AvgIpc) is 2.89. The smallest absolute Gasteiger partial charge is 0.333 e. The quantitative estimate of drug-likeness (QED) is 0.197. The molecule has 11 nitrogen and oxygen atoms in total. The lowest BCUT2D eigenvalue weighted by Crippen LogP contribution is -2.60. The molecule has 11 heteroatoms. The summed E-state index contributed by atoms with van der Waals surface area (Å²) in [6, 6.07) is 0. The molecule has 2 heterocycles. The van der Waals surface area contributed by atoms with Crippen molar-refractivity contribution >= 4 is 5.97 Å². The summed E-state index contributed by atoms with van der Waals surface area (Å²) in [7, 11) is 0. The Balaban J connectivity index is 1.97. The standard InChI is InChI=1S/C16H26O11/c1-7(2)3-9(18)27-14-12(21)11(20)10(19)8(26-14)4-24-15-13(22)16(23,5-17)6-25-15/h3,8,10-15,17,19-23H,4-6H2,1-2H3/t8-,10-,11+,12-,13+,14+,15-,16-/m1/s1. The van der Waals surface area contributed by atoms with Crippen LogP contribution in [0.15, 0.2) is 11.6 Å². The number of carbonyl (C=O) groups is 1. The summed E-state index contributed by atoms with van der Waals surface area (Å²) in [5.41, 5.74) is -1.23. The van der Waals surface area contributed by atoms with Crippen molar-refractivity contribution in [3.63, 3.8) is 0 Å². The first kappa shape index (κ1) is 22.1. The van der Waals surface area contributed by atoms with Crippen LogP contribution < -0.4 is 0 Å². The van der Waals surface area contributed by atoms with E-state index < -0.39 is 67.9 Å². The molecule has 0 aliphatic carbocycles. The van der Waals surface area contributed by atoms with E-state index in [9.17, 15) is 30.3 Å². The summed E-state index contributed by atoms with van der Waals surface area (Å²) in [5, 5.41) is 58.8. The van der Waals surface area contributed by atoms with Gasteiger partial charge in [-0.3, -0.25) is 0 Å². The number of rotatable bonds is 6. The van der Waals surface area contributed by atoms with E-state index in [1.165, 1.54) is 0 Å². The zero-order valence-electron chi connectivity index (χ0n) is 15.0. The van der Waals surface area contributed by atoms with Gasteiger partial charge in [-0.15, -0.1) is 0 Å². The highest BCUT2D eigenvalue weighted by atomic mass is 16.7. The number of ether oxygens (including phenoxy) is 4. The third kappa shape index (κ3) is 5.02. The molecule has 0 saturated carbocycles. The highest BCUT2D eigenvalue weighted by Crippen LogP contribution is 2.27. The van der Waals surface area contributed by atoms with Crippen molar-refractivity contribution in [3.05, 3.63) is 11.6 Å². The molecule has 0 aromatic heterocycles. The van der Waals surface area contributed by atoms with Crippen LogP contribution in [-0.4, -0.2) is 105 Å². The third-order valence-electron chi connectivity index (χ3n) is 4.31. The maximum Gasteiger partial charge on any atom is 0.333 e. The van der Waals surface area contributed by atoms with Gasteiger partial charge in [0.25, 0.3) is 0 Å². The summed E-state index contributed by atoms with van der Waals surface area (Å²) in [6.07, 6.45) is -9.42. The van der Waals surface area contributed by atoms with Gasteiger partial charge in [-0.25, -0.2) is 4.79 Å². The summed E-state index contributed by atoms with van der Waals surface area (Å²) < 4.78 is 20.5. The first-order valence-electron chi connectivity index (χ1n) is 8.38. The molecule has 2 aliphatic heterocycles. The second kappa shape index (κ2) is 8.90. The Morgan fingerprint density at radius 2 is 1.81 bits per heavy atom. The Labute approximate surface area is 155 Å². The van der Waals surface area contributed by atoms with Gasteiger partial charge in [-0.2, -0.15) is 0 Å². The molecule has 0 aromatic carbocycles. The zero-order chi connectivity index (χ0) is 20.4. The predicted molar refractivity (Wildman–Crippen MR) is 85.9 cm³/mol. The largest absolute Gasteiger partial charge is 0.430 e. The second-order valence-electron chi connectivity index (χ2n) is 6.89. The number of aliphatic hydroxyl groups is 6. The molecule has 2 fully saturated rings. The van der Waals surface area contributed by atoms with Gasteiger partial charge in [0.2, 0.25) is 6.29 Å². The number of carbonyl (C=O) groups excluding carboxylic acids is 1. The lowest BCUT2D eigenvalue weighted by molar-refractivity contribution is -0.300. The van der Waals surface area contributed by atoms with E-state index in [0.29, 0.717) is 5.57 Å².